The molecule has 2 fully saturated rings. The lowest BCUT2D eigenvalue weighted by Gasteiger charge is -2.29. The lowest BCUT2D eigenvalue weighted by molar-refractivity contribution is -0.132. The Morgan fingerprint density at radius 1 is 0.714 bits per heavy atom. The standard InChI is InChI=1S/C20H18Cl2N2O2S2/c21-15-5-1-13(2-6-15)19-23(17(25)11-27-19)9-10-24-18(26)12-28-20(24)14-3-7-16(22)8-4-14/h1-8,19-20H,9-12H2. The van der Waals surface area contributed by atoms with Gasteiger partial charge in [-0.25, -0.2) is 0 Å². The molecule has 0 aromatic heterocycles. The Morgan fingerprint density at radius 3 is 1.43 bits per heavy atom. The van der Waals surface area contributed by atoms with Crippen molar-refractivity contribution in [3.8, 4) is 0 Å². The summed E-state index contributed by atoms with van der Waals surface area (Å²) in [5, 5.41) is 1.28. The summed E-state index contributed by atoms with van der Waals surface area (Å²) in [4.78, 5) is 28.6. The van der Waals surface area contributed by atoms with Crippen molar-refractivity contribution in [2.75, 3.05) is 24.6 Å². The van der Waals surface area contributed by atoms with Crippen molar-refractivity contribution in [2.24, 2.45) is 0 Å². The fourth-order valence-corrected chi connectivity index (χ4v) is 6.10. The summed E-state index contributed by atoms with van der Waals surface area (Å²) in [6, 6.07) is 15.2. The van der Waals surface area contributed by atoms with Crippen molar-refractivity contribution in [1.82, 2.24) is 9.80 Å². The van der Waals surface area contributed by atoms with E-state index < -0.39 is 0 Å². The largest absolute Gasteiger partial charge is 0.324 e. The molecule has 2 unspecified atom stereocenters. The number of hydrogen-bond acceptors (Lipinski definition) is 4. The van der Waals surface area contributed by atoms with E-state index in [1.54, 1.807) is 23.5 Å². The molecule has 0 bridgehead atoms. The normalized spacial score (nSPS) is 22.4. The van der Waals surface area contributed by atoms with E-state index in [-0.39, 0.29) is 22.6 Å². The summed E-state index contributed by atoms with van der Waals surface area (Å²) in [6.07, 6.45) is 0. The van der Waals surface area contributed by atoms with Gasteiger partial charge in [0.05, 0.1) is 11.5 Å². The summed E-state index contributed by atoms with van der Waals surface area (Å²) >= 11 is 15.2. The number of hydrogen-bond donors (Lipinski definition) is 0. The number of amides is 2. The molecule has 2 aliphatic heterocycles. The Bertz CT molecular complexity index is 803. The van der Waals surface area contributed by atoms with Crippen LogP contribution >= 0.6 is 46.7 Å². The fourth-order valence-electron chi connectivity index (χ4n) is 3.41. The molecule has 0 spiro atoms. The van der Waals surface area contributed by atoms with Crippen molar-refractivity contribution in [2.45, 2.75) is 10.7 Å². The second-order valence-electron chi connectivity index (χ2n) is 6.60. The fraction of sp³-hybridized carbons (Fsp3) is 0.300. The van der Waals surface area contributed by atoms with E-state index in [1.807, 2.05) is 58.3 Å². The van der Waals surface area contributed by atoms with Crippen LogP contribution in [0.4, 0.5) is 0 Å². The van der Waals surface area contributed by atoms with Crippen molar-refractivity contribution in [3.63, 3.8) is 0 Å². The number of benzene rings is 2. The molecule has 4 nitrogen and oxygen atoms in total. The third-order valence-corrected chi connectivity index (χ3v) is 7.84. The summed E-state index contributed by atoms with van der Waals surface area (Å²) in [5.41, 5.74) is 2.10. The Kier molecular flexibility index (Phi) is 6.11. The average Bonchev–Trinajstić information content (AvgIpc) is 3.24. The zero-order valence-electron chi connectivity index (χ0n) is 14.9. The van der Waals surface area contributed by atoms with Crippen LogP contribution in [0.15, 0.2) is 48.5 Å². The van der Waals surface area contributed by atoms with Gasteiger partial charge in [0.1, 0.15) is 10.7 Å². The van der Waals surface area contributed by atoms with Gasteiger partial charge in [0.15, 0.2) is 0 Å². The maximum absolute atomic E-state index is 12.5. The van der Waals surface area contributed by atoms with E-state index in [2.05, 4.69) is 0 Å². The van der Waals surface area contributed by atoms with E-state index in [0.717, 1.165) is 11.1 Å². The number of carbonyl (C=O) groups is 2. The number of thioether (sulfide) groups is 2. The van der Waals surface area contributed by atoms with Gasteiger partial charge in [-0.2, -0.15) is 0 Å². The van der Waals surface area contributed by atoms with Crippen molar-refractivity contribution < 1.29 is 9.59 Å². The SMILES string of the molecule is O=C1CSC(c2ccc(Cl)cc2)N1CCN1C(=O)CSC1c1ccc(Cl)cc1. The van der Waals surface area contributed by atoms with Crippen LogP contribution in [0.5, 0.6) is 0 Å². The first kappa shape index (κ1) is 20.0. The highest BCUT2D eigenvalue weighted by molar-refractivity contribution is 8.00. The van der Waals surface area contributed by atoms with Crippen LogP contribution in [-0.2, 0) is 9.59 Å². The van der Waals surface area contributed by atoms with E-state index in [4.69, 9.17) is 23.2 Å². The van der Waals surface area contributed by atoms with Gasteiger partial charge in [0.25, 0.3) is 0 Å². The maximum Gasteiger partial charge on any atom is 0.233 e. The van der Waals surface area contributed by atoms with Crippen molar-refractivity contribution in [3.05, 3.63) is 69.7 Å². The highest BCUT2D eigenvalue weighted by Crippen LogP contribution is 2.41. The van der Waals surface area contributed by atoms with E-state index >= 15 is 0 Å². The zero-order valence-corrected chi connectivity index (χ0v) is 18.0. The molecule has 4 rings (SSSR count). The second-order valence-corrected chi connectivity index (χ2v) is 9.61. The first-order chi connectivity index (χ1) is 13.5. The molecule has 0 N–H and O–H groups in total. The lowest BCUT2D eigenvalue weighted by atomic mass is 10.2. The maximum atomic E-state index is 12.5. The minimum atomic E-state index is -0.0379. The Hall–Kier alpha value is -1.34. The summed E-state index contributed by atoms with van der Waals surface area (Å²) < 4.78 is 0. The third kappa shape index (κ3) is 4.15. The molecule has 8 heteroatoms. The van der Waals surface area contributed by atoms with Crippen molar-refractivity contribution >= 4 is 58.5 Å². The first-order valence-electron chi connectivity index (χ1n) is 8.86. The van der Waals surface area contributed by atoms with Crippen LogP contribution in [0.3, 0.4) is 0 Å². The van der Waals surface area contributed by atoms with Crippen LogP contribution in [0, 0.1) is 0 Å². The van der Waals surface area contributed by atoms with Crippen LogP contribution in [0.25, 0.3) is 0 Å². The molecule has 2 aromatic rings. The quantitative estimate of drug-likeness (QED) is 0.650. The van der Waals surface area contributed by atoms with Gasteiger partial charge in [-0.1, -0.05) is 47.5 Å². The number of rotatable bonds is 5. The molecule has 0 aliphatic carbocycles. The summed E-state index contributed by atoms with van der Waals surface area (Å²) in [5.74, 6) is 1.12. The Balaban J connectivity index is 1.48. The van der Waals surface area contributed by atoms with Crippen LogP contribution in [0.1, 0.15) is 21.9 Å². The predicted molar refractivity (Wildman–Crippen MR) is 117 cm³/mol. The Labute approximate surface area is 182 Å². The molecule has 146 valence electrons. The van der Waals surface area contributed by atoms with E-state index in [1.165, 1.54) is 0 Å². The molecule has 28 heavy (non-hydrogen) atoms. The molecule has 2 amide bonds. The highest BCUT2D eigenvalue weighted by atomic mass is 35.5. The molecular formula is C20H18Cl2N2O2S2. The van der Waals surface area contributed by atoms with Gasteiger partial charge in [0, 0.05) is 23.1 Å². The smallest absolute Gasteiger partial charge is 0.233 e. The van der Waals surface area contributed by atoms with E-state index in [0.29, 0.717) is 34.6 Å². The topological polar surface area (TPSA) is 40.6 Å². The lowest BCUT2D eigenvalue weighted by Crippen LogP contribution is -2.39. The Morgan fingerprint density at radius 2 is 1.07 bits per heavy atom. The number of halogens is 2. The van der Waals surface area contributed by atoms with Crippen LogP contribution < -0.4 is 0 Å². The molecule has 0 radical (unpaired) electrons. The third-order valence-electron chi connectivity index (χ3n) is 4.83. The monoisotopic (exact) mass is 452 g/mol. The second kappa shape index (κ2) is 8.57. The zero-order chi connectivity index (χ0) is 19.7. The molecule has 2 aromatic carbocycles. The molecule has 2 atom stereocenters. The molecule has 0 saturated carbocycles. The van der Waals surface area contributed by atoms with Gasteiger partial charge in [-0.05, 0) is 35.4 Å². The van der Waals surface area contributed by atoms with Gasteiger partial charge in [0.2, 0.25) is 11.8 Å². The summed E-state index contributed by atoms with van der Waals surface area (Å²) in [7, 11) is 0. The highest BCUT2D eigenvalue weighted by Gasteiger charge is 2.36. The van der Waals surface area contributed by atoms with Gasteiger partial charge in [-0.3, -0.25) is 9.59 Å². The number of carbonyl (C=O) groups excluding carboxylic acids is 2. The molecular weight excluding hydrogens is 435 g/mol. The first-order valence-corrected chi connectivity index (χ1v) is 11.7. The minimum absolute atomic E-state index is 0.0379. The van der Waals surface area contributed by atoms with Gasteiger partial charge < -0.3 is 9.80 Å². The van der Waals surface area contributed by atoms with Gasteiger partial charge in [-0.15, -0.1) is 23.5 Å². The van der Waals surface area contributed by atoms with Crippen LogP contribution in [-0.4, -0.2) is 46.2 Å². The molecule has 2 saturated heterocycles. The average molecular weight is 453 g/mol. The summed E-state index contributed by atoms with van der Waals surface area (Å²) in [6.45, 7) is 1.02. The predicted octanol–water partition coefficient (Wildman–Crippen LogP) is 4.84. The molecule has 2 aliphatic rings. The van der Waals surface area contributed by atoms with E-state index in [9.17, 15) is 9.59 Å². The van der Waals surface area contributed by atoms with Crippen LogP contribution in [0.2, 0.25) is 10.0 Å². The number of nitrogens with zero attached hydrogens (tertiary/aromatic N) is 2. The minimum Gasteiger partial charge on any atom is -0.324 e. The van der Waals surface area contributed by atoms with Crippen molar-refractivity contribution in [1.29, 1.82) is 0 Å². The molecule has 2 heterocycles. The van der Waals surface area contributed by atoms with Gasteiger partial charge >= 0.3 is 0 Å².